The van der Waals surface area contributed by atoms with Gasteiger partial charge in [-0.15, -0.1) is 0 Å². The number of pyridine rings is 1. The maximum Gasteiger partial charge on any atom is 0.212 e. The van der Waals surface area contributed by atoms with Crippen molar-refractivity contribution in [3.8, 4) is 17.0 Å². The van der Waals surface area contributed by atoms with Crippen LogP contribution in [0.1, 0.15) is 8.29 Å². The van der Waals surface area contributed by atoms with Crippen molar-refractivity contribution in [3.63, 3.8) is 0 Å². The van der Waals surface area contributed by atoms with Crippen molar-refractivity contribution in [2.45, 2.75) is 13.0 Å². The highest BCUT2D eigenvalue weighted by atomic mass is 16.5. The number of ether oxygens (including phenoxy) is 1. The highest BCUT2D eigenvalue weighted by Gasteiger charge is 2.21. The summed E-state index contributed by atoms with van der Waals surface area (Å²) in [5.41, 5.74) is 2.78. The van der Waals surface area contributed by atoms with Crippen LogP contribution < -0.4 is 15.0 Å². The minimum atomic E-state index is 0.269. The number of hydrogen-bond donors (Lipinski definition) is 1. The quantitative estimate of drug-likeness (QED) is 0.793. The number of benzene rings is 1. The van der Waals surface area contributed by atoms with Crippen LogP contribution >= 0.6 is 0 Å². The second-order valence-electron chi connectivity index (χ2n) is 6.19. The van der Waals surface area contributed by atoms with E-state index in [1.54, 1.807) is 18.6 Å². The van der Waals surface area contributed by atoms with Crippen molar-refractivity contribution in [2.24, 2.45) is 0 Å². The average molecular weight is 336 g/mol. The standard InChI is InChI=1S/C19H21N5O/c1-13-10-20-7-8-24(13)19-16-9-14(3-5-17(16)22-12-23-19)15-4-6-18(25-2)21-11-15/h3-6,9,11-13,20H,7-8,10H2,1-2H3/i6D. The highest BCUT2D eigenvalue weighted by Crippen LogP contribution is 2.30. The summed E-state index contributed by atoms with van der Waals surface area (Å²) in [7, 11) is 1.52. The molecule has 1 fully saturated rings. The first-order chi connectivity index (χ1) is 12.7. The third kappa shape index (κ3) is 3.00. The summed E-state index contributed by atoms with van der Waals surface area (Å²) in [6.07, 6.45) is 3.36. The number of nitrogens with one attached hydrogen (secondary N) is 1. The molecule has 1 aliphatic rings. The van der Waals surface area contributed by atoms with Crippen LogP contribution in [0.2, 0.25) is 0 Å². The van der Waals surface area contributed by atoms with Gasteiger partial charge in [-0.1, -0.05) is 6.07 Å². The molecule has 1 saturated heterocycles. The molecule has 2 aromatic heterocycles. The first kappa shape index (κ1) is 14.6. The van der Waals surface area contributed by atoms with E-state index < -0.39 is 0 Å². The zero-order valence-corrected chi connectivity index (χ0v) is 14.4. The molecule has 0 spiro atoms. The van der Waals surface area contributed by atoms with Crippen LogP contribution in [0.3, 0.4) is 0 Å². The van der Waals surface area contributed by atoms with Gasteiger partial charge in [-0.3, -0.25) is 0 Å². The molecular weight excluding hydrogens is 314 g/mol. The van der Waals surface area contributed by atoms with E-state index in [1.807, 2.05) is 12.1 Å². The molecule has 1 aliphatic heterocycles. The maximum atomic E-state index is 8.03. The number of hydrogen-bond acceptors (Lipinski definition) is 6. The van der Waals surface area contributed by atoms with Crippen LogP contribution in [0.25, 0.3) is 22.0 Å². The van der Waals surface area contributed by atoms with Crippen molar-refractivity contribution in [2.75, 3.05) is 31.6 Å². The van der Waals surface area contributed by atoms with Gasteiger partial charge in [0.05, 0.1) is 14.0 Å². The zero-order chi connectivity index (χ0) is 18.1. The third-order valence-electron chi connectivity index (χ3n) is 4.59. The number of fused-ring (bicyclic) bond motifs is 1. The van der Waals surface area contributed by atoms with E-state index >= 15 is 0 Å². The van der Waals surface area contributed by atoms with Gasteiger partial charge < -0.3 is 15.0 Å². The molecule has 0 bridgehead atoms. The van der Waals surface area contributed by atoms with Gasteiger partial charge in [-0.25, -0.2) is 15.0 Å². The SMILES string of the molecule is [2H]c1cc(-c2ccc3ncnc(N4CCNCC4C)c3c2)cnc1OC. The number of piperazine rings is 1. The Morgan fingerprint density at radius 3 is 2.96 bits per heavy atom. The van der Waals surface area contributed by atoms with Gasteiger partial charge in [0.15, 0.2) is 0 Å². The van der Waals surface area contributed by atoms with Gasteiger partial charge in [0, 0.05) is 48.9 Å². The summed E-state index contributed by atoms with van der Waals surface area (Å²) in [6, 6.07) is 8.49. The van der Waals surface area contributed by atoms with E-state index in [4.69, 9.17) is 6.11 Å². The molecule has 6 nitrogen and oxygen atoms in total. The van der Waals surface area contributed by atoms with Gasteiger partial charge in [-0.05, 0) is 30.7 Å². The Morgan fingerprint density at radius 2 is 2.16 bits per heavy atom. The Morgan fingerprint density at radius 1 is 1.24 bits per heavy atom. The summed E-state index contributed by atoms with van der Waals surface area (Å²) < 4.78 is 13.1. The van der Waals surface area contributed by atoms with E-state index in [1.165, 1.54) is 7.11 Å². The molecule has 0 amide bonds. The molecule has 1 aromatic carbocycles. The largest absolute Gasteiger partial charge is 0.481 e. The van der Waals surface area contributed by atoms with Crippen LogP contribution in [0, 0.1) is 0 Å². The molecule has 0 saturated carbocycles. The molecule has 1 atom stereocenters. The second-order valence-corrected chi connectivity index (χ2v) is 6.19. The van der Waals surface area contributed by atoms with Crippen LogP contribution in [-0.4, -0.2) is 47.7 Å². The number of aromatic nitrogens is 3. The molecule has 1 unspecified atom stereocenters. The Kier molecular flexibility index (Phi) is 3.88. The summed E-state index contributed by atoms with van der Waals surface area (Å²) in [6.45, 7) is 5.00. The molecule has 128 valence electrons. The Bertz CT molecular complexity index is 948. The fourth-order valence-electron chi connectivity index (χ4n) is 3.22. The van der Waals surface area contributed by atoms with Crippen molar-refractivity contribution in [1.82, 2.24) is 20.3 Å². The summed E-state index contributed by atoms with van der Waals surface area (Å²) >= 11 is 0. The molecule has 1 N–H and O–H groups in total. The fraction of sp³-hybridized carbons (Fsp3) is 0.316. The van der Waals surface area contributed by atoms with Crippen LogP contribution in [-0.2, 0) is 0 Å². The lowest BCUT2D eigenvalue weighted by atomic mass is 10.0. The molecule has 3 heterocycles. The smallest absolute Gasteiger partial charge is 0.212 e. The van der Waals surface area contributed by atoms with Gasteiger partial charge in [0.2, 0.25) is 5.88 Å². The maximum absolute atomic E-state index is 8.03. The highest BCUT2D eigenvalue weighted by molar-refractivity contribution is 5.93. The Hall–Kier alpha value is -2.73. The van der Waals surface area contributed by atoms with Gasteiger partial charge in [0.1, 0.15) is 12.1 Å². The van der Waals surface area contributed by atoms with Gasteiger partial charge in [-0.2, -0.15) is 0 Å². The number of rotatable bonds is 3. The van der Waals surface area contributed by atoms with Gasteiger partial charge >= 0.3 is 0 Å². The third-order valence-corrected chi connectivity index (χ3v) is 4.59. The minimum Gasteiger partial charge on any atom is -0.481 e. The van der Waals surface area contributed by atoms with Crippen LogP contribution in [0.15, 0.2) is 42.8 Å². The number of methoxy groups -OCH3 is 1. The normalized spacial score (nSPS) is 18.2. The Labute approximate surface area is 148 Å². The zero-order valence-electron chi connectivity index (χ0n) is 15.4. The number of anilines is 1. The monoisotopic (exact) mass is 336 g/mol. The topological polar surface area (TPSA) is 63.2 Å². The van der Waals surface area contributed by atoms with Gasteiger partial charge in [0.25, 0.3) is 0 Å². The summed E-state index contributed by atoms with van der Waals surface area (Å²) in [5, 5.41) is 4.43. The lowest BCUT2D eigenvalue weighted by molar-refractivity contribution is 0.398. The molecular formula is C19H21N5O. The van der Waals surface area contributed by atoms with E-state index in [9.17, 15) is 0 Å². The fourth-order valence-corrected chi connectivity index (χ4v) is 3.22. The minimum absolute atomic E-state index is 0.269. The predicted molar refractivity (Wildman–Crippen MR) is 99.0 cm³/mol. The van der Waals surface area contributed by atoms with E-state index in [-0.39, 0.29) is 6.04 Å². The molecule has 0 aliphatic carbocycles. The van der Waals surface area contributed by atoms with E-state index in [2.05, 4.69) is 38.2 Å². The molecule has 3 aromatic rings. The van der Waals surface area contributed by atoms with Crippen molar-refractivity contribution >= 4 is 16.7 Å². The second kappa shape index (κ2) is 6.64. The molecule has 25 heavy (non-hydrogen) atoms. The lowest BCUT2D eigenvalue weighted by Gasteiger charge is -2.35. The van der Waals surface area contributed by atoms with Crippen LogP contribution in [0.5, 0.6) is 5.88 Å². The summed E-state index contributed by atoms with van der Waals surface area (Å²) in [4.78, 5) is 15.5. The first-order valence-corrected chi connectivity index (χ1v) is 8.40. The molecule has 6 heteroatoms. The lowest BCUT2D eigenvalue weighted by Crippen LogP contribution is -2.50. The number of nitrogens with zero attached hydrogens (tertiary/aromatic N) is 4. The first-order valence-electron chi connectivity index (χ1n) is 8.90. The van der Waals surface area contributed by atoms with Crippen molar-refractivity contribution in [1.29, 1.82) is 0 Å². The Balaban J connectivity index is 1.81. The summed E-state index contributed by atoms with van der Waals surface area (Å²) in [5.74, 6) is 1.28. The van der Waals surface area contributed by atoms with E-state index in [0.717, 1.165) is 47.5 Å². The molecule has 4 rings (SSSR count). The van der Waals surface area contributed by atoms with E-state index in [0.29, 0.717) is 11.9 Å². The molecule has 0 radical (unpaired) electrons. The van der Waals surface area contributed by atoms with Crippen LogP contribution in [0.4, 0.5) is 5.82 Å². The van der Waals surface area contributed by atoms with Crippen molar-refractivity contribution in [3.05, 3.63) is 42.8 Å². The van der Waals surface area contributed by atoms with Crippen molar-refractivity contribution < 1.29 is 6.11 Å². The average Bonchev–Trinajstić information content (AvgIpc) is 2.67. The predicted octanol–water partition coefficient (Wildman–Crippen LogP) is 2.50.